The summed E-state index contributed by atoms with van der Waals surface area (Å²) in [5, 5.41) is 4.51. The van der Waals surface area contributed by atoms with Gasteiger partial charge in [0.15, 0.2) is 19.4 Å². The maximum absolute atomic E-state index is 5.29. The normalized spacial score (nSPS) is 36.3. The molecule has 8 heteroatoms. The van der Waals surface area contributed by atoms with Gasteiger partial charge in [0.05, 0.1) is 6.61 Å². The predicted molar refractivity (Wildman–Crippen MR) is 54.7 cm³/mol. The van der Waals surface area contributed by atoms with E-state index in [2.05, 4.69) is 9.93 Å². The minimum absolute atomic E-state index is 0.131. The molecule has 2 fully saturated rings. The maximum Gasteiger partial charge on any atom is 0.194 e. The summed E-state index contributed by atoms with van der Waals surface area (Å²) in [7, 11) is 0. The summed E-state index contributed by atoms with van der Waals surface area (Å²) < 4.78 is 25.8. The zero-order valence-corrected chi connectivity index (χ0v) is 10.5. The fourth-order valence-corrected chi connectivity index (χ4v) is 1.44. The van der Waals surface area contributed by atoms with Crippen LogP contribution >= 0.6 is 0 Å². The van der Waals surface area contributed by atoms with Crippen molar-refractivity contribution in [1.29, 1.82) is 0 Å². The van der Waals surface area contributed by atoms with E-state index in [1.165, 1.54) is 0 Å². The smallest absolute Gasteiger partial charge is 0.194 e. The SMILES string of the molecule is CC1(COOOCOC2(C)COCO2)COCO1. The van der Waals surface area contributed by atoms with Crippen molar-refractivity contribution in [3.8, 4) is 0 Å². The van der Waals surface area contributed by atoms with Gasteiger partial charge < -0.3 is 23.7 Å². The van der Waals surface area contributed by atoms with Gasteiger partial charge in [-0.25, -0.2) is 4.89 Å². The lowest BCUT2D eigenvalue weighted by molar-refractivity contribution is -0.538. The van der Waals surface area contributed by atoms with Crippen molar-refractivity contribution in [2.24, 2.45) is 0 Å². The standard InChI is InChI=1S/C10H18O8/c1-9(3-11-6-13-9)4-16-18-17-8-15-10(2)5-12-7-14-10/h3-8H2,1-2H3. The van der Waals surface area contributed by atoms with Gasteiger partial charge in [0, 0.05) is 0 Å². The first-order chi connectivity index (χ1) is 8.62. The molecule has 2 atom stereocenters. The topological polar surface area (TPSA) is 73.8 Å². The van der Waals surface area contributed by atoms with Crippen LogP contribution in [0, 0.1) is 0 Å². The Morgan fingerprint density at radius 2 is 1.78 bits per heavy atom. The highest BCUT2D eigenvalue weighted by Gasteiger charge is 2.33. The number of hydrogen-bond donors (Lipinski definition) is 0. The summed E-state index contributed by atoms with van der Waals surface area (Å²) in [6, 6.07) is 0. The van der Waals surface area contributed by atoms with Crippen molar-refractivity contribution >= 4 is 0 Å². The molecule has 0 aromatic carbocycles. The van der Waals surface area contributed by atoms with Gasteiger partial charge in [-0.15, -0.1) is 0 Å². The second-order valence-electron chi connectivity index (χ2n) is 4.52. The van der Waals surface area contributed by atoms with Crippen LogP contribution in [-0.4, -0.2) is 51.6 Å². The van der Waals surface area contributed by atoms with Gasteiger partial charge in [-0.3, -0.25) is 0 Å². The molecule has 8 nitrogen and oxygen atoms in total. The van der Waals surface area contributed by atoms with Crippen LogP contribution in [-0.2, 0) is 38.5 Å². The van der Waals surface area contributed by atoms with Crippen molar-refractivity contribution in [2.75, 3.05) is 40.2 Å². The summed E-state index contributed by atoms with van der Waals surface area (Å²) in [4.78, 5) is 9.53. The molecule has 2 unspecified atom stereocenters. The minimum atomic E-state index is -0.794. The van der Waals surface area contributed by atoms with E-state index in [0.29, 0.717) is 13.2 Å². The monoisotopic (exact) mass is 266 g/mol. The highest BCUT2D eigenvalue weighted by Crippen LogP contribution is 2.19. The Hall–Kier alpha value is -0.320. The Morgan fingerprint density at radius 3 is 2.44 bits per heavy atom. The Kier molecular flexibility index (Phi) is 4.87. The minimum Gasteiger partial charge on any atom is -0.352 e. The Labute approximate surface area is 105 Å². The van der Waals surface area contributed by atoms with Crippen LogP contribution in [0.25, 0.3) is 0 Å². The third kappa shape index (κ3) is 4.11. The molecule has 0 aromatic heterocycles. The van der Waals surface area contributed by atoms with Crippen molar-refractivity contribution in [3.63, 3.8) is 0 Å². The second-order valence-corrected chi connectivity index (χ2v) is 4.52. The van der Waals surface area contributed by atoms with E-state index in [-0.39, 0.29) is 27.0 Å². The molecule has 0 bridgehead atoms. The summed E-state index contributed by atoms with van der Waals surface area (Å²) in [5.41, 5.74) is -0.501. The van der Waals surface area contributed by atoms with E-state index >= 15 is 0 Å². The molecule has 106 valence electrons. The van der Waals surface area contributed by atoms with E-state index in [9.17, 15) is 0 Å². The highest BCUT2D eigenvalue weighted by molar-refractivity contribution is 4.75. The molecule has 2 heterocycles. The van der Waals surface area contributed by atoms with Crippen LogP contribution in [0.1, 0.15) is 13.8 Å². The van der Waals surface area contributed by atoms with Gasteiger partial charge in [-0.1, -0.05) is 5.04 Å². The fourth-order valence-electron chi connectivity index (χ4n) is 1.44. The highest BCUT2D eigenvalue weighted by atomic mass is 17.5. The third-order valence-electron chi connectivity index (χ3n) is 2.58. The quantitative estimate of drug-likeness (QED) is 0.282. The molecule has 0 saturated carbocycles. The molecule has 18 heavy (non-hydrogen) atoms. The molecule has 0 N–H and O–H groups in total. The Balaban J connectivity index is 1.48. The van der Waals surface area contributed by atoms with Crippen LogP contribution < -0.4 is 0 Å². The molecule has 0 spiro atoms. The van der Waals surface area contributed by atoms with Gasteiger partial charge >= 0.3 is 0 Å². The Morgan fingerprint density at radius 1 is 1.00 bits per heavy atom. The first kappa shape index (κ1) is 14.1. The van der Waals surface area contributed by atoms with E-state index in [4.69, 9.17) is 28.6 Å². The molecule has 2 aliphatic rings. The van der Waals surface area contributed by atoms with Gasteiger partial charge in [0.1, 0.15) is 25.6 Å². The van der Waals surface area contributed by atoms with E-state index in [1.807, 2.05) is 6.92 Å². The van der Waals surface area contributed by atoms with Crippen LogP contribution in [0.3, 0.4) is 0 Å². The van der Waals surface area contributed by atoms with Crippen LogP contribution in [0.5, 0.6) is 0 Å². The largest absolute Gasteiger partial charge is 0.352 e. The number of hydrogen-bond acceptors (Lipinski definition) is 8. The van der Waals surface area contributed by atoms with Crippen LogP contribution in [0.2, 0.25) is 0 Å². The summed E-state index contributed by atoms with van der Waals surface area (Å²) >= 11 is 0. The van der Waals surface area contributed by atoms with Crippen molar-refractivity contribution in [1.82, 2.24) is 0 Å². The third-order valence-corrected chi connectivity index (χ3v) is 2.58. The van der Waals surface area contributed by atoms with Crippen molar-refractivity contribution in [3.05, 3.63) is 0 Å². The van der Waals surface area contributed by atoms with E-state index < -0.39 is 11.4 Å². The fraction of sp³-hybridized carbons (Fsp3) is 1.00. The molecule has 2 rings (SSSR count). The summed E-state index contributed by atoms with van der Waals surface area (Å²) in [6.07, 6.45) is 0. The lowest BCUT2D eigenvalue weighted by Gasteiger charge is -2.21. The zero-order chi connectivity index (χ0) is 12.9. The van der Waals surface area contributed by atoms with Crippen LogP contribution in [0.4, 0.5) is 0 Å². The number of rotatable bonds is 7. The van der Waals surface area contributed by atoms with Crippen molar-refractivity contribution < 1.29 is 38.5 Å². The van der Waals surface area contributed by atoms with E-state index in [0.717, 1.165) is 0 Å². The molecule has 0 radical (unpaired) electrons. The maximum atomic E-state index is 5.29. The number of ether oxygens (including phenoxy) is 5. The zero-order valence-electron chi connectivity index (χ0n) is 10.5. The first-order valence-electron chi connectivity index (χ1n) is 5.60. The average molecular weight is 266 g/mol. The Bertz CT molecular complexity index is 220. The van der Waals surface area contributed by atoms with Gasteiger partial charge in [-0.05, 0) is 13.8 Å². The molecular formula is C10H18O8. The lowest BCUT2D eigenvalue weighted by atomic mass is 10.1. The van der Waals surface area contributed by atoms with Gasteiger partial charge in [0.2, 0.25) is 0 Å². The van der Waals surface area contributed by atoms with Gasteiger partial charge in [-0.2, -0.15) is 4.89 Å². The van der Waals surface area contributed by atoms with Crippen molar-refractivity contribution in [2.45, 2.75) is 25.2 Å². The summed E-state index contributed by atoms with van der Waals surface area (Å²) in [6.45, 7) is 4.94. The lowest BCUT2D eigenvalue weighted by Crippen LogP contribution is -2.34. The van der Waals surface area contributed by atoms with E-state index in [1.54, 1.807) is 6.92 Å². The average Bonchev–Trinajstić information content (AvgIpc) is 2.94. The summed E-state index contributed by atoms with van der Waals surface area (Å²) in [5.74, 6) is -0.794. The molecular weight excluding hydrogens is 248 g/mol. The first-order valence-corrected chi connectivity index (χ1v) is 5.60. The molecule has 0 aliphatic carbocycles. The van der Waals surface area contributed by atoms with Crippen LogP contribution in [0.15, 0.2) is 0 Å². The molecule has 0 amide bonds. The molecule has 2 saturated heterocycles. The van der Waals surface area contributed by atoms with Gasteiger partial charge in [0.25, 0.3) is 0 Å². The molecule has 2 aliphatic heterocycles. The predicted octanol–water partition coefficient (Wildman–Crippen LogP) is 0.324. The second kappa shape index (κ2) is 6.22. The molecule has 0 aromatic rings.